The van der Waals surface area contributed by atoms with Crippen molar-refractivity contribution in [1.82, 2.24) is 25.4 Å². The van der Waals surface area contributed by atoms with Crippen LogP contribution in [0, 0.1) is 12.3 Å². The van der Waals surface area contributed by atoms with Crippen LogP contribution in [0.25, 0.3) is 0 Å². The van der Waals surface area contributed by atoms with Crippen molar-refractivity contribution < 1.29 is 9.21 Å². The third-order valence-electron chi connectivity index (χ3n) is 4.36. The summed E-state index contributed by atoms with van der Waals surface area (Å²) in [6, 6.07) is 1.90. The van der Waals surface area contributed by atoms with E-state index >= 15 is 0 Å². The highest BCUT2D eigenvalue weighted by Gasteiger charge is 2.35. The lowest BCUT2D eigenvalue weighted by Crippen LogP contribution is -2.41. The van der Waals surface area contributed by atoms with Crippen molar-refractivity contribution in [3.05, 3.63) is 35.8 Å². The molecule has 0 aliphatic heterocycles. The van der Waals surface area contributed by atoms with Crippen LogP contribution in [-0.2, 0) is 13.0 Å². The first-order valence-electron chi connectivity index (χ1n) is 8.39. The first-order valence-corrected chi connectivity index (χ1v) is 8.39. The summed E-state index contributed by atoms with van der Waals surface area (Å²) in [7, 11) is 0. The molecule has 0 spiro atoms. The number of nitrogens with zero attached hydrogens (tertiary/aromatic N) is 3. The third-order valence-corrected chi connectivity index (χ3v) is 4.36. The minimum Gasteiger partial charge on any atom is -0.466 e. The van der Waals surface area contributed by atoms with Gasteiger partial charge in [-0.05, 0) is 31.2 Å². The molecule has 0 radical (unpaired) electrons. The molecule has 2 aromatic rings. The Labute approximate surface area is 141 Å². The fraction of sp³-hybridized carbons (Fsp3) is 0.588. The molecule has 0 aromatic carbocycles. The number of hydrogen-bond acceptors (Lipinski definition) is 4. The summed E-state index contributed by atoms with van der Waals surface area (Å²) in [5.41, 5.74) is 1.23. The van der Waals surface area contributed by atoms with Crippen LogP contribution < -0.4 is 10.6 Å². The Bertz CT molecular complexity index is 690. The van der Waals surface area contributed by atoms with Crippen molar-refractivity contribution >= 4 is 6.03 Å². The molecular formula is C17H25N5O2. The molecule has 7 heteroatoms. The summed E-state index contributed by atoms with van der Waals surface area (Å²) in [5.74, 6) is 1.90. The van der Waals surface area contributed by atoms with Crippen LogP contribution >= 0.6 is 0 Å². The van der Waals surface area contributed by atoms with Gasteiger partial charge in [-0.15, -0.1) is 0 Å². The Hall–Kier alpha value is -2.31. The molecule has 2 N–H and O–H groups in total. The molecule has 2 amide bonds. The van der Waals surface area contributed by atoms with E-state index in [1.807, 2.05) is 13.0 Å². The molecular weight excluding hydrogens is 306 g/mol. The monoisotopic (exact) mass is 331 g/mol. The van der Waals surface area contributed by atoms with Crippen LogP contribution in [0.3, 0.4) is 0 Å². The van der Waals surface area contributed by atoms with E-state index in [0.717, 1.165) is 42.9 Å². The van der Waals surface area contributed by atoms with Crippen LogP contribution in [0.1, 0.15) is 49.8 Å². The molecule has 24 heavy (non-hydrogen) atoms. The lowest BCUT2D eigenvalue weighted by atomic mass is 9.75. The minimum atomic E-state index is -0.138. The van der Waals surface area contributed by atoms with Crippen LogP contribution in [-0.4, -0.2) is 27.3 Å². The summed E-state index contributed by atoms with van der Waals surface area (Å²) >= 11 is 0. The normalized spacial score (nSPS) is 18.9. The molecule has 2 aromatic heterocycles. The van der Waals surface area contributed by atoms with E-state index < -0.39 is 0 Å². The molecule has 0 saturated heterocycles. The summed E-state index contributed by atoms with van der Waals surface area (Å²) < 4.78 is 7.56. The van der Waals surface area contributed by atoms with Gasteiger partial charge < -0.3 is 15.1 Å². The summed E-state index contributed by atoms with van der Waals surface area (Å²) in [6.07, 6.45) is 5.81. The number of aryl methyl sites for hydroxylation is 2. The van der Waals surface area contributed by atoms with Crippen molar-refractivity contribution in [3.63, 3.8) is 0 Å². The second-order valence-corrected chi connectivity index (χ2v) is 7.25. The second kappa shape index (κ2) is 6.67. The van der Waals surface area contributed by atoms with Gasteiger partial charge in [0.05, 0.1) is 6.04 Å². The van der Waals surface area contributed by atoms with Crippen LogP contribution in [0.2, 0.25) is 0 Å². The largest absolute Gasteiger partial charge is 0.466 e. The Balaban J connectivity index is 1.52. The average molecular weight is 331 g/mol. The van der Waals surface area contributed by atoms with E-state index in [9.17, 15) is 4.79 Å². The number of carbonyl (C=O) groups excluding carboxylic acids is 1. The van der Waals surface area contributed by atoms with Gasteiger partial charge in [0.1, 0.15) is 24.2 Å². The van der Waals surface area contributed by atoms with Gasteiger partial charge in [0.2, 0.25) is 0 Å². The maximum absolute atomic E-state index is 12.2. The maximum atomic E-state index is 12.2. The summed E-state index contributed by atoms with van der Waals surface area (Å²) in [5, 5.41) is 10.0. The molecule has 0 bridgehead atoms. The number of aromatic nitrogens is 3. The van der Waals surface area contributed by atoms with Gasteiger partial charge in [0.15, 0.2) is 0 Å². The van der Waals surface area contributed by atoms with Gasteiger partial charge in [0.25, 0.3) is 0 Å². The van der Waals surface area contributed by atoms with E-state index in [1.54, 1.807) is 11.0 Å². The smallest absolute Gasteiger partial charge is 0.315 e. The Morgan fingerprint density at radius 2 is 2.33 bits per heavy atom. The molecule has 0 fully saturated rings. The lowest BCUT2D eigenvalue weighted by Gasteiger charge is -2.34. The molecule has 130 valence electrons. The van der Waals surface area contributed by atoms with Crippen LogP contribution in [0.5, 0.6) is 0 Å². The Morgan fingerprint density at radius 1 is 1.50 bits per heavy atom. The fourth-order valence-electron chi connectivity index (χ4n) is 3.31. The topological polar surface area (TPSA) is 85.0 Å². The zero-order valence-corrected chi connectivity index (χ0v) is 14.5. The first kappa shape index (κ1) is 16.5. The highest BCUT2D eigenvalue weighted by Crippen LogP contribution is 2.41. The first-order chi connectivity index (χ1) is 11.4. The number of urea groups is 1. The predicted molar refractivity (Wildman–Crippen MR) is 89.5 cm³/mol. The standard InChI is InChI=1S/C17H25N5O2/c1-12-7-13-14(8-17(2,3)9-15(13)24-12)21-16(23)19-5-4-6-22-11-18-10-20-22/h7,10-11,14H,4-6,8-9H2,1-3H3,(H2,19,21,23)/t14-/m0/s1. The molecule has 1 aliphatic carbocycles. The predicted octanol–water partition coefficient (Wildman–Crippen LogP) is 2.58. The summed E-state index contributed by atoms with van der Waals surface area (Å²) in [6.45, 7) is 7.70. The van der Waals surface area contributed by atoms with Crippen LogP contribution in [0.15, 0.2) is 23.1 Å². The highest BCUT2D eigenvalue weighted by atomic mass is 16.3. The number of fused-ring (bicyclic) bond motifs is 1. The van der Waals surface area contributed by atoms with Crippen molar-refractivity contribution in [2.75, 3.05) is 6.54 Å². The van der Waals surface area contributed by atoms with Crippen molar-refractivity contribution in [3.8, 4) is 0 Å². The Morgan fingerprint density at radius 3 is 3.08 bits per heavy atom. The summed E-state index contributed by atoms with van der Waals surface area (Å²) in [4.78, 5) is 16.1. The Kier molecular flexibility index (Phi) is 4.59. The van der Waals surface area contributed by atoms with Crippen molar-refractivity contribution in [1.29, 1.82) is 0 Å². The van der Waals surface area contributed by atoms with Crippen LogP contribution in [0.4, 0.5) is 4.79 Å². The lowest BCUT2D eigenvalue weighted by molar-refractivity contribution is 0.214. The molecule has 1 atom stereocenters. The SMILES string of the molecule is Cc1cc2c(o1)CC(C)(C)C[C@@H]2NC(=O)NCCCn1cncn1. The quantitative estimate of drug-likeness (QED) is 0.825. The average Bonchev–Trinajstić information content (AvgIpc) is 3.11. The number of hydrogen-bond donors (Lipinski definition) is 2. The number of furan rings is 1. The van der Waals surface area contributed by atoms with E-state index in [1.165, 1.54) is 6.33 Å². The molecule has 1 aliphatic rings. The molecule has 3 rings (SSSR count). The number of rotatable bonds is 5. The maximum Gasteiger partial charge on any atom is 0.315 e. The van der Waals surface area contributed by atoms with Crippen molar-refractivity contribution in [2.24, 2.45) is 5.41 Å². The number of amides is 2. The van der Waals surface area contributed by atoms with E-state index in [-0.39, 0.29) is 17.5 Å². The van der Waals surface area contributed by atoms with Gasteiger partial charge >= 0.3 is 6.03 Å². The highest BCUT2D eigenvalue weighted by molar-refractivity contribution is 5.74. The van der Waals surface area contributed by atoms with Gasteiger partial charge in [-0.2, -0.15) is 5.10 Å². The number of carbonyl (C=O) groups is 1. The minimum absolute atomic E-state index is 0.00323. The van der Waals surface area contributed by atoms with Gasteiger partial charge in [-0.3, -0.25) is 4.68 Å². The zero-order chi connectivity index (χ0) is 17.2. The third kappa shape index (κ3) is 3.96. The molecule has 0 unspecified atom stereocenters. The van der Waals surface area contributed by atoms with Crippen molar-refractivity contribution in [2.45, 2.75) is 52.6 Å². The van der Waals surface area contributed by atoms with Gasteiger partial charge in [-0.25, -0.2) is 9.78 Å². The number of nitrogens with one attached hydrogen (secondary N) is 2. The van der Waals surface area contributed by atoms with E-state index in [2.05, 4.69) is 34.6 Å². The van der Waals surface area contributed by atoms with E-state index in [0.29, 0.717) is 6.54 Å². The van der Waals surface area contributed by atoms with Gasteiger partial charge in [0, 0.05) is 25.1 Å². The molecule has 0 saturated carbocycles. The fourth-order valence-corrected chi connectivity index (χ4v) is 3.31. The zero-order valence-electron chi connectivity index (χ0n) is 14.5. The molecule has 2 heterocycles. The van der Waals surface area contributed by atoms with E-state index in [4.69, 9.17) is 4.42 Å². The molecule has 7 nitrogen and oxygen atoms in total. The van der Waals surface area contributed by atoms with Gasteiger partial charge in [-0.1, -0.05) is 13.8 Å². The second-order valence-electron chi connectivity index (χ2n) is 7.25.